The van der Waals surface area contributed by atoms with Gasteiger partial charge in [-0.2, -0.15) is 0 Å². The van der Waals surface area contributed by atoms with Gasteiger partial charge in [-0.1, -0.05) is 12.1 Å². The van der Waals surface area contributed by atoms with Crippen LogP contribution in [0, 0.1) is 5.82 Å². The van der Waals surface area contributed by atoms with E-state index in [9.17, 15) is 4.39 Å². The molecule has 0 unspecified atom stereocenters. The molecule has 1 aromatic carbocycles. The van der Waals surface area contributed by atoms with Crippen LogP contribution in [-0.2, 0) is 7.05 Å². The van der Waals surface area contributed by atoms with Crippen molar-refractivity contribution in [3.05, 3.63) is 42.3 Å². The van der Waals surface area contributed by atoms with Crippen LogP contribution in [0.5, 0.6) is 0 Å². The second-order valence-electron chi connectivity index (χ2n) is 3.27. The first kappa shape index (κ1) is 8.81. The van der Waals surface area contributed by atoms with Gasteiger partial charge in [0.1, 0.15) is 11.6 Å². The van der Waals surface area contributed by atoms with Crippen molar-refractivity contribution in [3.63, 3.8) is 0 Å². The van der Waals surface area contributed by atoms with Crippen molar-refractivity contribution >= 4 is 5.82 Å². The third-order valence-corrected chi connectivity index (χ3v) is 2.22. The highest BCUT2D eigenvalue weighted by molar-refractivity contribution is 5.66. The number of anilines is 1. The molecule has 0 saturated carbocycles. The molecule has 2 nitrogen and oxygen atoms in total. The number of nitrogens with zero attached hydrogens (tertiary/aromatic N) is 1. The first-order valence-corrected chi connectivity index (χ1v) is 4.34. The van der Waals surface area contributed by atoms with Crippen LogP contribution in [0.2, 0.25) is 0 Å². The fourth-order valence-corrected chi connectivity index (χ4v) is 1.38. The Morgan fingerprint density at radius 1 is 1.14 bits per heavy atom. The highest BCUT2D eigenvalue weighted by Gasteiger charge is 2.02. The number of nitrogen functional groups attached to an aromatic ring is 1. The molecule has 0 saturated heterocycles. The summed E-state index contributed by atoms with van der Waals surface area (Å²) in [6.45, 7) is 0. The zero-order valence-corrected chi connectivity index (χ0v) is 7.87. The summed E-state index contributed by atoms with van der Waals surface area (Å²) in [5, 5.41) is 0. The topological polar surface area (TPSA) is 30.9 Å². The summed E-state index contributed by atoms with van der Waals surface area (Å²) in [6, 6.07) is 8.23. The van der Waals surface area contributed by atoms with E-state index in [1.807, 2.05) is 23.9 Å². The van der Waals surface area contributed by atoms with Gasteiger partial charge in [0, 0.05) is 18.8 Å². The summed E-state index contributed by atoms with van der Waals surface area (Å²) in [5.41, 5.74) is 7.67. The SMILES string of the molecule is Cn1cc(-c2ccc(F)cc2)cc1N. The van der Waals surface area contributed by atoms with E-state index in [4.69, 9.17) is 5.73 Å². The van der Waals surface area contributed by atoms with Gasteiger partial charge < -0.3 is 10.3 Å². The second kappa shape index (κ2) is 3.18. The third-order valence-electron chi connectivity index (χ3n) is 2.22. The maximum absolute atomic E-state index is 12.7. The van der Waals surface area contributed by atoms with Crippen LogP contribution in [0.1, 0.15) is 0 Å². The van der Waals surface area contributed by atoms with E-state index < -0.39 is 0 Å². The van der Waals surface area contributed by atoms with Gasteiger partial charge in [0.15, 0.2) is 0 Å². The lowest BCUT2D eigenvalue weighted by atomic mass is 10.1. The van der Waals surface area contributed by atoms with Gasteiger partial charge in [0.05, 0.1) is 0 Å². The van der Waals surface area contributed by atoms with Crippen molar-refractivity contribution in [3.8, 4) is 11.1 Å². The van der Waals surface area contributed by atoms with Crippen molar-refractivity contribution in [2.45, 2.75) is 0 Å². The summed E-state index contributed by atoms with van der Waals surface area (Å²) in [5.74, 6) is 0.474. The van der Waals surface area contributed by atoms with Gasteiger partial charge in [-0.05, 0) is 23.8 Å². The zero-order chi connectivity index (χ0) is 10.1. The van der Waals surface area contributed by atoms with Crippen LogP contribution < -0.4 is 5.73 Å². The van der Waals surface area contributed by atoms with Crippen molar-refractivity contribution in [2.75, 3.05) is 5.73 Å². The number of nitrogens with two attached hydrogens (primary N) is 1. The molecule has 0 amide bonds. The summed E-state index contributed by atoms with van der Waals surface area (Å²) in [6.07, 6.45) is 1.92. The lowest BCUT2D eigenvalue weighted by Crippen LogP contribution is -1.92. The van der Waals surface area contributed by atoms with Crippen LogP contribution in [0.15, 0.2) is 36.5 Å². The maximum atomic E-state index is 12.7. The summed E-state index contributed by atoms with van der Waals surface area (Å²) >= 11 is 0. The highest BCUT2D eigenvalue weighted by atomic mass is 19.1. The van der Waals surface area contributed by atoms with Crippen LogP contribution in [-0.4, -0.2) is 4.57 Å². The number of hydrogen-bond acceptors (Lipinski definition) is 1. The number of aryl methyl sites for hydroxylation is 1. The Morgan fingerprint density at radius 2 is 1.79 bits per heavy atom. The molecule has 2 rings (SSSR count). The number of benzene rings is 1. The molecular formula is C11H11FN2. The lowest BCUT2D eigenvalue weighted by molar-refractivity contribution is 0.628. The van der Waals surface area contributed by atoms with Crippen LogP contribution in [0.3, 0.4) is 0 Å². The maximum Gasteiger partial charge on any atom is 0.123 e. The smallest absolute Gasteiger partial charge is 0.123 e. The lowest BCUT2D eigenvalue weighted by Gasteiger charge is -1.95. The molecule has 0 aliphatic rings. The van der Waals surface area contributed by atoms with Gasteiger partial charge in [0.25, 0.3) is 0 Å². The molecule has 0 radical (unpaired) electrons. The standard InChI is InChI=1S/C11H11FN2/c1-14-7-9(6-11(14)13)8-2-4-10(12)5-3-8/h2-7H,13H2,1H3. The fraction of sp³-hybridized carbons (Fsp3) is 0.0909. The van der Waals surface area contributed by atoms with Crippen molar-refractivity contribution in [1.82, 2.24) is 4.57 Å². The third kappa shape index (κ3) is 1.48. The minimum absolute atomic E-state index is 0.224. The quantitative estimate of drug-likeness (QED) is 0.735. The normalized spacial score (nSPS) is 10.4. The molecule has 0 bridgehead atoms. The molecule has 1 heterocycles. The Balaban J connectivity index is 2.44. The summed E-state index contributed by atoms with van der Waals surface area (Å²) in [7, 11) is 1.88. The zero-order valence-electron chi connectivity index (χ0n) is 7.87. The van der Waals surface area contributed by atoms with Gasteiger partial charge in [-0.3, -0.25) is 0 Å². The molecule has 0 spiro atoms. The summed E-state index contributed by atoms with van der Waals surface area (Å²) < 4.78 is 14.5. The molecule has 3 heteroatoms. The van der Waals surface area contributed by atoms with E-state index in [0.29, 0.717) is 5.82 Å². The van der Waals surface area contributed by atoms with Crippen LogP contribution in [0.4, 0.5) is 10.2 Å². The molecule has 72 valence electrons. The predicted molar refractivity (Wildman–Crippen MR) is 55.2 cm³/mol. The monoisotopic (exact) mass is 190 g/mol. The Labute approximate surface area is 81.8 Å². The van der Waals surface area contributed by atoms with Crippen LogP contribution in [0.25, 0.3) is 11.1 Å². The van der Waals surface area contributed by atoms with Gasteiger partial charge in [-0.15, -0.1) is 0 Å². The molecule has 0 aliphatic carbocycles. The molecule has 2 aromatic rings. The average molecular weight is 190 g/mol. The Hall–Kier alpha value is -1.77. The van der Waals surface area contributed by atoms with Gasteiger partial charge >= 0.3 is 0 Å². The Morgan fingerprint density at radius 3 is 2.29 bits per heavy atom. The van der Waals surface area contributed by atoms with Crippen LogP contribution >= 0.6 is 0 Å². The minimum atomic E-state index is -0.224. The van der Waals surface area contributed by atoms with Crippen molar-refractivity contribution in [1.29, 1.82) is 0 Å². The minimum Gasteiger partial charge on any atom is -0.385 e. The van der Waals surface area contributed by atoms with E-state index >= 15 is 0 Å². The van der Waals surface area contributed by atoms with E-state index in [1.54, 1.807) is 12.1 Å². The molecule has 14 heavy (non-hydrogen) atoms. The fourth-order valence-electron chi connectivity index (χ4n) is 1.38. The second-order valence-corrected chi connectivity index (χ2v) is 3.27. The number of halogens is 1. The largest absolute Gasteiger partial charge is 0.385 e. The number of aromatic nitrogens is 1. The molecule has 0 aliphatic heterocycles. The van der Waals surface area contributed by atoms with E-state index in [-0.39, 0.29) is 5.82 Å². The van der Waals surface area contributed by atoms with E-state index in [1.165, 1.54) is 12.1 Å². The predicted octanol–water partition coefficient (Wildman–Crippen LogP) is 2.41. The molecule has 0 atom stereocenters. The first-order chi connectivity index (χ1) is 6.66. The Kier molecular flexibility index (Phi) is 2.00. The molecule has 1 aromatic heterocycles. The molecular weight excluding hydrogens is 179 g/mol. The van der Waals surface area contributed by atoms with Crippen molar-refractivity contribution < 1.29 is 4.39 Å². The van der Waals surface area contributed by atoms with Crippen molar-refractivity contribution in [2.24, 2.45) is 7.05 Å². The molecule has 2 N–H and O–H groups in total. The van der Waals surface area contributed by atoms with Gasteiger partial charge in [0.2, 0.25) is 0 Å². The van der Waals surface area contributed by atoms with E-state index in [0.717, 1.165) is 11.1 Å². The number of rotatable bonds is 1. The van der Waals surface area contributed by atoms with Gasteiger partial charge in [-0.25, -0.2) is 4.39 Å². The number of hydrogen-bond donors (Lipinski definition) is 1. The summed E-state index contributed by atoms with van der Waals surface area (Å²) in [4.78, 5) is 0. The highest BCUT2D eigenvalue weighted by Crippen LogP contribution is 2.22. The average Bonchev–Trinajstić information content (AvgIpc) is 2.48. The van der Waals surface area contributed by atoms with E-state index in [2.05, 4.69) is 0 Å². The Bertz CT molecular complexity index is 423. The first-order valence-electron chi connectivity index (χ1n) is 4.34. The molecule has 0 fully saturated rings.